The third-order valence-corrected chi connectivity index (χ3v) is 11.6. The zero-order valence-corrected chi connectivity index (χ0v) is 30.4. The van der Waals surface area contributed by atoms with Crippen molar-refractivity contribution in [3.8, 4) is 11.5 Å². The lowest BCUT2D eigenvalue weighted by Gasteiger charge is -2.50. The third kappa shape index (κ3) is 6.77. The summed E-state index contributed by atoms with van der Waals surface area (Å²) in [5, 5.41) is 46.6. The van der Waals surface area contributed by atoms with Crippen LogP contribution in [0.3, 0.4) is 0 Å². The fourth-order valence-corrected chi connectivity index (χ4v) is 8.75. The molecular weight excluding hydrogens is 738 g/mol. The van der Waals surface area contributed by atoms with E-state index < -0.39 is 69.2 Å². The largest absolute Gasteiger partial charge is 0.504 e. The Labute approximate surface area is 308 Å². The van der Waals surface area contributed by atoms with E-state index in [2.05, 4.69) is 15.5 Å². The van der Waals surface area contributed by atoms with E-state index >= 15 is 4.39 Å². The maximum absolute atomic E-state index is 15.2. The van der Waals surface area contributed by atoms with Gasteiger partial charge in [-0.25, -0.2) is 19.0 Å². The summed E-state index contributed by atoms with van der Waals surface area (Å²) >= 11 is 2.24. The lowest BCUT2D eigenvalue weighted by molar-refractivity contribution is -0.925. The Hall–Kier alpha value is -5.21. The van der Waals surface area contributed by atoms with Crippen LogP contribution in [0.2, 0.25) is 0 Å². The summed E-state index contributed by atoms with van der Waals surface area (Å²) in [5.41, 5.74) is 3.42. The van der Waals surface area contributed by atoms with Crippen LogP contribution in [-0.2, 0) is 37.1 Å². The quantitative estimate of drug-likeness (QED) is 0.0506. The van der Waals surface area contributed by atoms with Crippen molar-refractivity contribution in [2.75, 3.05) is 31.1 Å². The van der Waals surface area contributed by atoms with Gasteiger partial charge >= 0.3 is 11.9 Å². The number of carboxylic acids is 2. The fraction of sp³-hybridized carbons (Fsp3) is 0.424. The Morgan fingerprint density at radius 1 is 1.19 bits per heavy atom. The monoisotopic (exact) mass is 774 g/mol. The summed E-state index contributed by atoms with van der Waals surface area (Å²) in [6, 6.07) is -0.0266. The molecule has 17 nitrogen and oxygen atoms in total. The highest BCUT2D eigenvalue weighted by Crippen LogP contribution is 2.42. The van der Waals surface area contributed by atoms with Crippen LogP contribution in [-0.4, -0.2) is 111 Å². The predicted octanol–water partition coefficient (Wildman–Crippen LogP) is 1.74. The van der Waals surface area contributed by atoms with Crippen LogP contribution in [0.5, 0.6) is 11.5 Å². The number of anilines is 1. The molecule has 5 heterocycles. The van der Waals surface area contributed by atoms with E-state index in [1.54, 1.807) is 17.7 Å². The zero-order valence-electron chi connectivity index (χ0n) is 28.8. The summed E-state index contributed by atoms with van der Waals surface area (Å²) in [6.07, 6.45) is 3.15. The molecule has 282 valence electrons. The van der Waals surface area contributed by atoms with Crippen LogP contribution in [0.15, 0.2) is 38.9 Å². The number of aromatic nitrogens is 2. The number of carboxylic acid groups (broad SMARTS) is 2. The van der Waals surface area contributed by atoms with Gasteiger partial charge in [-0.1, -0.05) is 5.16 Å². The normalized spacial score (nSPS) is 20.0. The smallest absolute Gasteiger partial charge is 0.352 e. The number of oxime groups is 1. The number of carbonyl (C=O) groups excluding carboxylic acids is 2. The molecule has 3 aliphatic heterocycles. The Morgan fingerprint density at radius 3 is 2.49 bits per heavy atom. The number of halogens is 1. The minimum absolute atomic E-state index is 0.0195. The first kappa shape index (κ1) is 37.5. The number of thiazole rings is 1. The summed E-state index contributed by atoms with van der Waals surface area (Å²) in [5.74, 6) is -7.07. The van der Waals surface area contributed by atoms with Gasteiger partial charge in [-0.15, -0.1) is 23.1 Å². The van der Waals surface area contributed by atoms with Gasteiger partial charge in [0.05, 0.1) is 29.6 Å². The number of benzene rings is 1. The number of phenols is 2. The Morgan fingerprint density at radius 2 is 1.89 bits per heavy atom. The van der Waals surface area contributed by atoms with Crippen molar-refractivity contribution in [1.82, 2.24) is 19.8 Å². The van der Waals surface area contributed by atoms with Crippen LogP contribution < -0.4 is 16.5 Å². The summed E-state index contributed by atoms with van der Waals surface area (Å²) in [6.45, 7) is 6.01. The van der Waals surface area contributed by atoms with Gasteiger partial charge in [0, 0.05) is 48.4 Å². The van der Waals surface area contributed by atoms with E-state index in [1.807, 2.05) is 0 Å². The number of phenolic OH excluding ortho intramolecular Hbond substituents is 2. The molecule has 0 saturated carbocycles. The molecule has 20 heteroatoms. The van der Waals surface area contributed by atoms with Crippen molar-refractivity contribution in [1.29, 1.82) is 0 Å². The number of thioether (sulfide) groups is 1. The highest BCUT2D eigenvalue weighted by molar-refractivity contribution is 8.00. The topological polar surface area (TPSA) is 247 Å². The minimum Gasteiger partial charge on any atom is -0.504 e. The number of quaternary nitrogens is 1. The van der Waals surface area contributed by atoms with Crippen LogP contribution >= 0.6 is 23.1 Å². The Balaban J connectivity index is 1.27. The second kappa shape index (κ2) is 14.0. The zero-order chi connectivity index (χ0) is 38.6. The van der Waals surface area contributed by atoms with Crippen molar-refractivity contribution in [3.63, 3.8) is 0 Å². The fourth-order valence-electron chi connectivity index (χ4n) is 6.87. The van der Waals surface area contributed by atoms with E-state index in [9.17, 15) is 44.4 Å². The number of nitrogens with two attached hydrogens (primary N) is 1. The minimum atomic E-state index is -1.81. The molecule has 0 spiro atoms. The van der Waals surface area contributed by atoms with E-state index in [4.69, 9.17) is 10.6 Å². The standard InChI is InChI=1S/C33H36FN7O10S2/c1-4-39-10-15(25(43)20-18(39)9-19(42)26(44)21(20)34)11-41(7-5-6-8-41)12-16-13-52-29-23(28(46)40(29)24(16)30(47)48)37-27(45)22(17-14-53-32(35)36-17)38-51-33(2,3)31(49)50/h9-10,14,23,29H,4-8,11-13H2,1-3H3,(H6-,35,36,37,38,42,43,44,45,47,48,49,50)/p+1/t23-,29-/m1/s1. The van der Waals surface area contributed by atoms with Gasteiger partial charge in [0.1, 0.15) is 35.9 Å². The van der Waals surface area contributed by atoms with E-state index in [0.717, 1.165) is 35.1 Å². The first-order chi connectivity index (χ1) is 25.0. The number of pyridine rings is 1. The number of aromatic hydroxyl groups is 2. The number of fused-ring (bicyclic) bond motifs is 2. The van der Waals surface area contributed by atoms with E-state index in [0.29, 0.717) is 25.2 Å². The number of hydrogen-bond donors (Lipinski definition) is 6. The number of hydrogen-bond acceptors (Lipinski definition) is 13. The average molecular weight is 775 g/mol. The molecule has 0 bridgehead atoms. The van der Waals surface area contributed by atoms with E-state index in [1.165, 1.54) is 31.0 Å². The molecule has 3 aromatic rings. The van der Waals surface area contributed by atoms with Gasteiger partial charge in [0.2, 0.25) is 11.0 Å². The highest BCUT2D eigenvalue weighted by Gasteiger charge is 2.55. The number of amides is 2. The van der Waals surface area contributed by atoms with Gasteiger partial charge in [-0.3, -0.25) is 19.3 Å². The number of rotatable bonds is 12. The summed E-state index contributed by atoms with van der Waals surface area (Å²) in [4.78, 5) is 75.4. The number of β-lactam (4-membered cyclic amide) rings is 1. The van der Waals surface area contributed by atoms with Crippen LogP contribution in [0, 0.1) is 5.82 Å². The maximum Gasteiger partial charge on any atom is 0.352 e. The number of nitrogens with one attached hydrogen (secondary N) is 1. The average Bonchev–Trinajstić information content (AvgIpc) is 3.75. The molecule has 2 fully saturated rings. The number of nitrogens with zero attached hydrogens (tertiary/aromatic N) is 5. The van der Waals surface area contributed by atoms with Crippen LogP contribution in [0.1, 0.15) is 44.9 Å². The Kier molecular flexibility index (Phi) is 9.90. The van der Waals surface area contributed by atoms with Gasteiger partial charge in [-0.2, -0.15) is 0 Å². The molecule has 2 atom stereocenters. The van der Waals surface area contributed by atoms with Crippen molar-refractivity contribution in [3.05, 3.63) is 56.2 Å². The van der Waals surface area contributed by atoms with Crippen molar-refractivity contribution in [2.24, 2.45) is 5.16 Å². The number of carbonyl (C=O) groups is 4. The lowest BCUT2D eigenvalue weighted by Crippen LogP contribution is -2.71. The molecule has 6 rings (SSSR count). The number of nitrogen functional groups attached to an aromatic ring is 1. The van der Waals surface area contributed by atoms with Crippen LogP contribution in [0.25, 0.3) is 10.9 Å². The van der Waals surface area contributed by atoms with Crippen LogP contribution in [0.4, 0.5) is 9.52 Å². The summed E-state index contributed by atoms with van der Waals surface area (Å²) < 4.78 is 17.1. The third-order valence-electron chi connectivity index (χ3n) is 9.62. The maximum atomic E-state index is 15.2. The SMILES string of the molecule is CCn1cc(C[N+]2(CC3=C(C(=O)O)N4C(=O)[C@@H](NC(=O)C(=NOC(C)(C)C(=O)O)c5csc(N)n5)[C@H]4SC3)CCCC2)c(=O)c2c(F)c(O)c(O)cc21. The molecule has 0 unspecified atom stereocenters. The molecule has 53 heavy (non-hydrogen) atoms. The number of likely N-dealkylation sites (tertiary alicyclic amines) is 1. The van der Waals surface area contributed by atoms with Gasteiger partial charge < -0.3 is 45.4 Å². The number of aryl methyl sites for hydroxylation is 1. The molecule has 2 saturated heterocycles. The molecule has 1 aromatic carbocycles. The number of aliphatic carboxylic acids is 2. The second-order valence-electron chi connectivity index (χ2n) is 13.6. The first-order valence-corrected chi connectivity index (χ1v) is 18.4. The molecule has 2 aromatic heterocycles. The molecule has 2 amide bonds. The van der Waals surface area contributed by atoms with E-state index in [-0.39, 0.29) is 56.3 Å². The Bertz CT molecular complexity index is 2180. The summed E-state index contributed by atoms with van der Waals surface area (Å²) in [7, 11) is 0. The lowest BCUT2D eigenvalue weighted by atomic mass is 10.0. The van der Waals surface area contributed by atoms with Gasteiger partial charge in [-0.05, 0) is 20.8 Å². The van der Waals surface area contributed by atoms with Gasteiger partial charge in [0.25, 0.3) is 11.8 Å². The molecule has 3 aliphatic rings. The van der Waals surface area contributed by atoms with Crippen molar-refractivity contribution in [2.45, 2.75) is 63.7 Å². The highest BCUT2D eigenvalue weighted by atomic mass is 32.2. The molecule has 0 aliphatic carbocycles. The molecular formula is C33H37FN7O10S2+. The van der Waals surface area contributed by atoms with Gasteiger partial charge in [0.15, 0.2) is 28.2 Å². The van der Waals surface area contributed by atoms with Crippen molar-refractivity contribution < 1.29 is 53.3 Å². The molecule has 7 N–H and O–H groups in total. The van der Waals surface area contributed by atoms with Crippen molar-refractivity contribution >= 4 is 68.6 Å². The first-order valence-electron chi connectivity index (χ1n) is 16.5. The second-order valence-corrected chi connectivity index (χ2v) is 15.6. The molecule has 0 radical (unpaired) electrons. The predicted molar refractivity (Wildman–Crippen MR) is 191 cm³/mol.